The topological polar surface area (TPSA) is 124 Å². The lowest BCUT2D eigenvalue weighted by Gasteiger charge is -2.46. The molecule has 2 aliphatic rings. The molecule has 0 radical (unpaired) electrons. The smallest absolute Gasteiger partial charge is 0.280 e. The number of hydrogen-bond acceptors (Lipinski definition) is 7. The van der Waals surface area contributed by atoms with Crippen LogP contribution in [0, 0.1) is 5.82 Å². The molecule has 10 nitrogen and oxygen atoms in total. The molecule has 4 heterocycles. The van der Waals surface area contributed by atoms with E-state index in [2.05, 4.69) is 5.10 Å². The van der Waals surface area contributed by atoms with Crippen LogP contribution in [0.4, 0.5) is 4.39 Å². The van der Waals surface area contributed by atoms with Crippen LogP contribution in [0.15, 0.2) is 29.1 Å². The van der Waals surface area contributed by atoms with Crippen molar-refractivity contribution >= 4 is 27.6 Å². The van der Waals surface area contributed by atoms with E-state index in [0.29, 0.717) is 42.8 Å². The summed E-state index contributed by atoms with van der Waals surface area (Å²) in [6, 6.07) is 5.65. The minimum atomic E-state index is -2.99. The fourth-order valence-corrected chi connectivity index (χ4v) is 6.23. The molecule has 1 aromatic carbocycles. The first kappa shape index (κ1) is 22.8. The van der Waals surface area contributed by atoms with Gasteiger partial charge in [0.2, 0.25) is 0 Å². The van der Waals surface area contributed by atoms with E-state index in [0.717, 1.165) is 6.42 Å². The van der Waals surface area contributed by atoms with Gasteiger partial charge in [-0.3, -0.25) is 18.7 Å². The molecule has 0 unspecified atom stereocenters. The van der Waals surface area contributed by atoms with Gasteiger partial charge in [0.1, 0.15) is 16.9 Å². The molecular weight excluding hydrogens is 465 g/mol. The molecule has 182 valence electrons. The number of aromatic hydroxyl groups is 1. The third-order valence-corrected chi connectivity index (χ3v) is 8.45. The van der Waals surface area contributed by atoms with Crippen molar-refractivity contribution < 1.29 is 23.4 Å². The number of rotatable bonds is 4. The van der Waals surface area contributed by atoms with Crippen molar-refractivity contribution in [2.75, 3.05) is 25.9 Å². The molecule has 0 atom stereocenters. The summed E-state index contributed by atoms with van der Waals surface area (Å²) < 4.78 is 38.9. The van der Waals surface area contributed by atoms with Gasteiger partial charge in [0, 0.05) is 26.7 Å². The van der Waals surface area contributed by atoms with Gasteiger partial charge in [-0.2, -0.15) is 5.10 Å². The highest BCUT2D eigenvalue weighted by molar-refractivity contribution is 8.22. The molecule has 2 aliphatic heterocycles. The Morgan fingerprint density at radius 2 is 1.79 bits per heavy atom. The quantitative estimate of drug-likeness (QED) is 0.512. The normalized spacial score (nSPS) is 19.4. The van der Waals surface area contributed by atoms with E-state index < -0.39 is 33.8 Å². The van der Waals surface area contributed by atoms with Crippen LogP contribution in [-0.4, -0.2) is 69.6 Å². The van der Waals surface area contributed by atoms with Gasteiger partial charge in [0.15, 0.2) is 11.4 Å². The lowest BCUT2D eigenvalue weighted by atomic mass is 10.2. The van der Waals surface area contributed by atoms with Gasteiger partial charge in [-0.25, -0.2) is 13.4 Å². The van der Waals surface area contributed by atoms with Crippen molar-refractivity contribution in [2.24, 2.45) is 0 Å². The molecule has 34 heavy (non-hydrogen) atoms. The van der Waals surface area contributed by atoms with Crippen LogP contribution in [-0.2, 0) is 19.6 Å². The number of hydrogen-bond donors (Lipinski definition) is 3. The Morgan fingerprint density at radius 3 is 2.50 bits per heavy atom. The molecule has 12 heteroatoms. The second kappa shape index (κ2) is 8.38. The number of likely N-dealkylation sites (N-methyl/N-ethyl adjacent to an activating group) is 1. The molecule has 1 fully saturated rings. The number of fused-ring (bicyclic) bond motifs is 3. The molecule has 5 rings (SSSR count). The first-order chi connectivity index (χ1) is 16.2. The van der Waals surface area contributed by atoms with E-state index in [1.54, 1.807) is 15.9 Å². The third kappa shape index (κ3) is 3.76. The monoisotopic (exact) mass is 491 g/mol. The zero-order chi connectivity index (χ0) is 24.2. The predicted octanol–water partition coefficient (Wildman–Crippen LogP) is 2.44. The zero-order valence-corrected chi connectivity index (χ0v) is 19.5. The van der Waals surface area contributed by atoms with Crippen molar-refractivity contribution in [1.82, 2.24) is 23.6 Å². The van der Waals surface area contributed by atoms with E-state index in [-0.39, 0.29) is 29.9 Å². The van der Waals surface area contributed by atoms with E-state index in [9.17, 15) is 28.2 Å². The van der Waals surface area contributed by atoms with Crippen molar-refractivity contribution in [3.63, 3.8) is 0 Å². The predicted molar refractivity (Wildman–Crippen MR) is 125 cm³/mol. The standard InChI is InChI=1S/C22H26FN5O5S/c1-25-9-10-27-18-16(13-26-8-2-3-11-34(26,32)33)24-28(12-14-4-6-15(23)7-5-14)21(30)17(18)20(29)19(27)22(25)31/h4-7,29,32-33H,2-3,8-13H2,1H3. The van der Waals surface area contributed by atoms with Crippen LogP contribution < -0.4 is 5.56 Å². The summed E-state index contributed by atoms with van der Waals surface area (Å²) in [5, 5.41) is 15.5. The summed E-state index contributed by atoms with van der Waals surface area (Å²) in [5.41, 5.74) is 0.757. The number of nitrogens with zero attached hydrogens (tertiary/aromatic N) is 5. The van der Waals surface area contributed by atoms with Crippen LogP contribution in [0.5, 0.6) is 5.75 Å². The fourth-order valence-electron chi connectivity index (χ4n) is 4.63. The minimum absolute atomic E-state index is 0.0199. The molecule has 0 bridgehead atoms. The second-order valence-corrected chi connectivity index (χ2v) is 10.9. The Labute approximate surface area is 196 Å². The molecule has 0 spiro atoms. The summed E-state index contributed by atoms with van der Waals surface area (Å²) in [6.45, 7) is 1.26. The molecule has 1 amide bonds. The second-order valence-electron chi connectivity index (χ2n) is 8.74. The molecule has 3 aromatic rings. The van der Waals surface area contributed by atoms with Gasteiger partial charge in [-0.1, -0.05) is 12.1 Å². The average molecular weight is 492 g/mol. The van der Waals surface area contributed by atoms with Crippen molar-refractivity contribution in [1.29, 1.82) is 0 Å². The summed E-state index contributed by atoms with van der Waals surface area (Å²) in [5.74, 6) is -0.960. The Balaban J connectivity index is 1.70. The summed E-state index contributed by atoms with van der Waals surface area (Å²) in [6.07, 6.45) is 1.49. The van der Waals surface area contributed by atoms with Crippen molar-refractivity contribution in [3.8, 4) is 5.75 Å². The number of benzene rings is 1. The maximum Gasteiger partial charge on any atom is 0.280 e. The highest BCUT2D eigenvalue weighted by Crippen LogP contribution is 2.48. The van der Waals surface area contributed by atoms with E-state index in [4.69, 9.17) is 0 Å². The molecular formula is C22H26FN5O5S. The number of halogens is 1. The Bertz CT molecular complexity index is 1340. The van der Waals surface area contributed by atoms with Crippen LogP contribution in [0.2, 0.25) is 0 Å². The average Bonchev–Trinajstić information content (AvgIpc) is 3.10. The number of carbonyl (C=O) groups is 1. The first-order valence-electron chi connectivity index (χ1n) is 11.0. The van der Waals surface area contributed by atoms with Crippen LogP contribution >= 0.6 is 10.8 Å². The highest BCUT2D eigenvalue weighted by atomic mass is 32.3. The van der Waals surface area contributed by atoms with Crippen LogP contribution in [0.25, 0.3) is 10.9 Å². The Morgan fingerprint density at radius 1 is 1.06 bits per heavy atom. The Hall–Kier alpha value is -2.93. The summed E-state index contributed by atoms with van der Waals surface area (Å²) in [4.78, 5) is 27.7. The van der Waals surface area contributed by atoms with Gasteiger partial charge in [0.25, 0.3) is 11.5 Å². The first-order valence-corrected chi connectivity index (χ1v) is 12.7. The lowest BCUT2D eigenvalue weighted by molar-refractivity contribution is 0.0747. The fraction of sp³-hybridized carbons (Fsp3) is 0.409. The third-order valence-electron chi connectivity index (χ3n) is 6.47. The maximum absolute atomic E-state index is 13.4. The van der Waals surface area contributed by atoms with E-state index in [1.165, 1.54) is 33.8 Å². The molecule has 2 aromatic heterocycles. The van der Waals surface area contributed by atoms with Gasteiger partial charge in [-0.15, -0.1) is 10.8 Å². The van der Waals surface area contributed by atoms with Crippen molar-refractivity contribution in [2.45, 2.75) is 32.5 Å². The number of carbonyl (C=O) groups excluding carboxylic acids is 1. The number of amides is 1. The Kier molecular flexibility index (Phi) is 5.63. The number of aromatic nitrogens is 3. The highest BCUT2D eigenvalue weighted by Gasteiger charge is 2.34. The SMILES string of the molecule is CN1CCn2c(c(O)c3c(=O)n(Cc4ccc(F)cc4)nc(CN4CCCCS4(O)O)c32)C1=O. The van der Waals surface area contributed by atoms with Gasteiger partial charge in [0.05, 0.1) is 24.4 Å². The van der Waals surface area contributed by atoms with Gasteiger partial charge >= 0.3 is 0 Å². The van der Waals surface area contributed by atoms with Crippen LogP contribution in [0.1, 0.15) is 34.6 Å². The maximum atomic E-state index is 13.4. The van der Waals surface area contributed by atoms with Crippen molar-refractivity contribution in [3.05, 3.63) is 57.4 Å². The van der Waals surface area contributed by atoms with Gasteiger partial charge < -0.3 is 14.6 Å². The summed E-state index contributed by atoms with van der Waals surface area (Å²) >= 11 is 0. The molecule has 3 N–H and O–H groups in total. The molecule has 0 aliphatic carbocycles. The summed E-state index contributed by atoms with van der Waals surface area (Å²) in [7, 11) is -1.37. The van der Waals surface area contributed by atoms with E-state index in [1.807, 2.05) is 0 Å². The van der Waals surface area contributed by atoms with Gasteiger partial charge in [-0.05, 0) is 30.5 Å². The zero-order valence-electron chi connectivity index (χ0n) is 18.6. The lowest BCUT2D eigenvalue weighted by Crippen LogP contribution is -2.37. The molecule has 0 saturated carbocycles. The largest absolute Gasteiger partial charge is 0.505 e. The minimum Gasteiger partial charge on any atom is -0.505 e. The molecule has 1 saturated heterocycles. The van der Waals surface area contributed by atoms with Crippen LogP contribution in [0.3, 0.4) is 0 Å². The van der Waals surface area contributed by atoms with E-state index >= 15 is 0 Å².